The Hall–Kier alpha value is -1.60. The minimum atomic E-state index is -3.93. The normalized spacial score (nSPS) is 12.1. The molecule has 0 atom stereocenters. The van der Waals surface area contributed by atoms with Crippen LogP contribution in [-0.4, -0.2) is 33.8 Å². The van der Waals surface area contributed by atoms with Crippen molar-refractivity contribution in [2.45, 2.75) is 45.1 Å². The van der Waals surface area contributed by atoms with Crippen molar-refractivity contribution < 1.29 is 22.1 Å². The van der Waals surface area contributed by atoms with Gasteiger partial charge in [0.25, 0.3) is 10.1 Å². The van der Waals surface area contributed by atoms with Gasteiger partial charge in [0, 0.05) is 7.05 Å². The van der Waals surface area contributed by atoms with Crippen LogP contribution in [0.5, 0.6) is 0 Å². The van der Waals surface area contributed by atoms with Crippen molar-refractivity contribution in [3.8, 4) is 0 Å². The molecule has 1 aromatic carbocycles. The van der Waals surface area contributed by atoms with E-state index in [1.807, 2.05) is 6.92 Å². The SMILES string of the molecule is CCOS(=O)(=O)c1ccc(C)cc1N(C)C(=O)OC(C)(C)C. The van der Waals surface area contributed by atoms with Crippen molar-refractivity contribution in [3.63, 3.8) is 0 Å². The smallest absolute Gasteiger partial charge is 0.414 e. The topological polar surface area (TPSA) is 72.9 Å². The van der Waals surface area contributed by atoms with E-state index in [1.165, 1.54) is 18.0 Å². The molecular weight excluding hydrogens is 306 g/mol. The lowest BCUT2D eigenvalue weighted by Gasteiger charge is -2.26. The molecule has 0 N–H and O–H groups in total. The van der Waals surface area contributed by atoms with Gasteiger partial charge in [0.1, 0.15) is 10.5 Å². The summed E-state index contributed by atoms with van der Waals surface area (Å²) in [6.07, 6.45) is -0.633. The minimum Gasteiger partial charge on any atom is -0.443 e. The zero-order valence-corrected chi connectivity index (χ0v) is 14.7. The lowest BCUT2D eigenvalue weighted by Crippen LogP contribution is -2.35. The van der Waals surface area contributed by atoms with Crippen molar-refractivity contribution in [1.82, 2.24) is 0 Å². The summed E-state index contributed by atoms with van der Waals surface area (Å²) in [5, 5.41) is 0. The van der Waals surface area contributed by atoms with Crippen molar-refractivity contribution in [3.05, 3.63) is 23.8 Å². The molecule has 7 heteroatoms. The molecule has 0 aliphatic carbocycles. The van der Waals surface area contributed by atoms with E-state index >= 15 is 0 Å². The van der Waals surface area contributed by atoms with Crippen LogP contribution in [0.3, 0.4) is 0 Å². The monoisotopic (exact) mass is 329 g/mol. The van der Waals surface area contributed by atoms with Gasteiger partial charge in [-0.2, -0.15) is 8.42 Å². The van der Waals surface area contributed by atoms with Gasteiger partial charge in [0.05, 0.1) is 12.3 Å². The summed E-state index contributed by atoms with van der Waals surface area (Å²) in [6, 6.07) is 4.69. The van der Waals surface area contributed by atoms with Gasteiger partial charge in [0.15, 0.2) is 0 Å². The van der Waals surface area contributed by atoms with E-state index in [2.05, 4.69) is 0 Å². The van der Waals surface area contributed by atoms with E-state index < -0.39 is 21.8 Å². The summed E-state index contributed by atoms with van der Waals surface area (Å²) >= 11 is 0. The van der Waals surface area contributed by atoms with Gasteiger partial charge >= 0.3 is 6.09 Å². The number of amides is 1. The Morgan fingerprint density at radius 1 is 1.27 bits per heavy atom. The molecule has 0 fully saturated rings. The van der Waals surface area contributed by atoms with Crippen LogP contribution in [0.15, 0.2) is 23.1 Å². The van der Waals surface area contributed by atoms with Crippen LogP contribution in [0.4, 0.5) is 10.5 Å². The van der Waals surface area contributed by atoms with E-state index in [9.17, 15) is 13.2 Å². The number of nitrogens with zero attached hydrogens (tertiary/aromatic N) is 1. The van der Waals surface area contributed by atoms with Gasteiger partial charge in [-0.25, -0.2) is 4.79 Å². The van der Waals surface area contributed by atoms with Gasteiger partial charge in [0.2, 0.25) is 0 Å². The van der Waals surface area contributed by atoms with Crippen LogP contribution in [0.1, 0.15) is 33.3 Å². The molecule has 124 valence electrons. The Balaban J connectivity index is 3.29. The Bertz CT molecular complexity index is 646. The van der Waals surface area contributed by atoms with E-state index in [4.69, 9.17) is 8.92 Å². The summed E-state index contributed by atoms with van der Waals surface area (Å²) in [7, 11) is -2.46. The average molecular weight is 329 g/mol. The fourth-order valence-corrected chi connectivity index (χ4v) is 2.87. The number of hydrogen-bond acceptors (Lipinski definition) is 5. The number of aryl methyl sites for hydroxylation is 1. The molecule has 0 aliphatic rings. The van der Waals surface area contributed by atoms with Crippen molar-refractivity contribution in [1.29, 1.82) is 0 Å². The third-order valence-electron chi connectivity index (χ3n) is 2.69. The lowest BCUT2D eigenvalue weighted by atomic mass is 10.2. The first kappa shape index (κ1) is 18.4. The molecule has 0 spiro atoms. The van der Waals surface area contributed by atoms with Crippen LogP contribution in [0, 0.1) is 6.92 Å². The Morgan fingerprint density at radius 2 is 1.86 bits per heavy atom. The van der Waals surface area contributed by atoms with E-state index in [0.717, 1.165) is 5.56 Å². The Labute approximate surface area is 132 Å². The molecule has 0 saturated heterocycles. The fourth-order valence-electron chi connectivity index (χ4n) is 1.75. The molecule has 0 aromatic heterocycles. The zero-order valence-electron chi connectivity index (χ0n) is 13.8. The predicted octanol–water partition coefficient (Wildman–Crippen LogP) is 3.09. The standard InChI is InChI=1S/C15H23NO5S/c1-7-20-22(18,19)13-9-8-11(2)10-12(13)16(6)14(17)21-15(3,4)5/h8-10H,7H2,1-6H3. The summed E-state index contributed by atoms with van der Waals surface area (Å²) < 4.78 is 34.4. The first-order valence-electron chi connectivity index (χ1n) is 6.94. The third-order valence-corrected chi connectivity index (χ3v) is 4.12. The molecule has 1 rings (SSSR count). The average Bonchev–Trinajstić information content (AvgIpc) is 2.35. The number of benzene rings is 1. The number of carbonyl (C=O) groups excluding carboxylic acids is 1. The molecule has 0 heterocycles. The minimum absolute atomic E-state index is 0.0196. The number of rotatable bonds is 4. The van der Waals surface area contributed by atoms with Crippen LogP contribution >= 0.6 is 0 Å². The van der Waals surface area contributed by atoms with Crippen LogP contribution < -0.4 is 4.90 Å². The van der Waals surface area contributed by atoms with Gasteiger partial charge in [-0.3, -0.25) is 9.08 Å². The molecule has 0 unspecified atom stereocenters. The number of anilines is 1. The number of carbonyl (C=O) groups is 1. The van der Waals surface area contributed by atoms with Crippen LogP contribution in [-0.2, 0) is 19.0 Å². The second-order valence-electron chi connectivity index (χ2n) is 5.87. The maximum atomic E-state index is 12.2. The van der Waals surface area contributed by atoms with Crippen molar-refractivity contribution in [2.75, 3.05) is 18.6 Å². The molecule has 22 heavy (non-hydrogen) atoms. The van der Waals surface area contributed by atoms with Crippen LogP contribution in [0.2, 0.25) is 0 Å². The lowest BCUT2D eigenvalue weighted by molar-refractivity contribution is 0.0589. The number of hydrogen-bond donors (Lipinski definition) is 0. The second-order valence-corrected chi connectivity index (χ2v) is 7.45. The van der Waals surface area contributed by atoms with E-state index in [1.54, 1.807) is 39.8 Å². The predicted molar refractivity (Wildman–Crippen MR) is 84.6 cm³/mol. The quantitative estimate of drug-likeness (QED) is 0.794. The second kappa shape index (κ2) is 6.66. The molecule has 1 aromatic rings. The van der Waals surface area contributed by atoms with Gasteiger partial charge in [-0.15, -0.1) is 0 Å². The molecule has 0 saturated carbocycles. The fraction of sp³-hybridized carbons (Fsp3) is 0.533. The molecule has 1 amide bonds. The maximum absolute atomic E-state index is 12.2. The maximum Gasteiger partial charge on any atom is 0.414 e. The highest BCUT2D eigenvalue weighted by Crippen LogP contribution is 2.28. The summed E-state index contributed by atoms with van der Waals surface area (Å²) in [6.45, 7) is 8.64. The van der Waals surface area contributed by atoms with E-state index in [0.29, 0.717) is 0 Å². The first-order chi connectivity index (χ1) is 9.98. The summed E-state index contributed by atoms with van der Waals surface area (Å²) in [5.41, 5.74) is 0.372. The Kier molecular flexibility index (Phi) is 5.59. The van der Waals surface area contributed by atoms with Gasteiger partial charge < -0.3 is 4.74 Å². The molecule has 0 radical (unpaired) electrons. The molecule has 6 nitrogen and oxygen atoms in total. The van der Waals surface area contributed by atoms with E-state index in [-0.39, 0.29) is 17.2 Å². The summed E-state index contributed by atoms with van der Waals surface area (Å²) in [4.78, 5) is 13.3. The Morgan fingerprint density at radius 3 is 2.36 bits per heavy atom. The highest BCUT2D eigenvalue weighted by atomic mass is 32.2. The molecule has 0 aliphatic heterocycles. The highest BCUT2D eigenvalue weighted by molar-refractivity contribution is 7.87. The van der Waals surface area contributed by atoms with Gasteiger partial charge in [-0.1, -0.05) is 6.07 Å². The summed E-state index contributed by atoms with van der Waals surface area (Å²) in [5.74, 6) is 0. The van der Waals surface area contributed by atoms with Crippen LogP contribution in [0.25, 0.3) is 0 Å². The van der Waals surface area contributed by atoms with Gasteiger partial charge in [-0.05, 0) is 52.3 Å². The van der Waals surface area contributed by atoms with Crippen molar-refractivity contribution >= 4 is 21.9 Å². The third kappa shape index (κ3) is 4.71. The van der Waals surface area contributed by atoms with Crippen molar-refractivity contribution in [2.24, 2.45) is 0 Å². The highest BCUT2D eigenvalue weighted by Gasteiger charge is 2.27. The largest absolute Gasteiger partial charge is 0.443 e. The first-order valence-corrected chi connectivity index (χ1v) is 8.35. The molecular formula is C15H23NO5S. The zero-order chi connectivity index (χ0) is 17.1. The number of ether oxygens (including phenoxy) is 1. The molecule has 0 bridgehead atoms.